The smallest absolute Gasteiger partial charge is 0.290 e. The molecular weight excluding hydrogens is 478 g/mol. The Kier molecular flexibility index (Phi) is 7.24. The van der Waals surface area contributed by atoms with Gasteiger partial charge in [-0.15, -0.1) is 0 Å². The molecule has 37 heavy (non-hydrogen) atoms. The fourth-order valence-corrected chi connectivity index (χ4v) is 4.13. The summed E-state index contributed by atoms with van der Waals surface area (Å²) in [4.78, 5) is 28.5. The van der Waals surface area contributed by atoms with Crippen molar-refractivity contribution >= 4 is 11.7 Å². The van der Waals surface area contributed by atoms with Gasteiger partial charge in [0.2, 0.25) is 0 Å². The first-order chi connectivity index (χ1) is 17.9. The molecule has 2 N–H and O–H groups in total. The summed E-state index contributed by atoms with van der Waals surface area (Å²) in [6.07, 6.45) is 1.32. The monoisotopic (exact) mass is 505 g/mol. The molecule has 0 radical (unpaired) electrons. The molecule has 0 saturated carbocycles. The van der Waals surface area contributed by atoms with Crippen LogP contribution in [0.5, 0.6) is 23.0 Å². The topological polar surface area (TPSA) is 123 Å². The molecule has 2 aromatic heterocycles. The fourth-order valence-electron chi connectivity index (χ4n) is 4.13. The molecule has 1 amide bonds. The zero-order valence-corrected chi connectivity index (χ0v) is 20.9. The van der Waals surface area contributed by atoms with Gasteiger partial charge in [-0.1, -0.05) is 24.3 Å². The quantitative estimate of drug-likeness (QED) is 0.292. The Morgan fingerprint density at radius 3 is 1.92 bits per heavy atom. The normalized spacial score (nSPS) is 10.8. The van der Waals surface area contributed by atoms with E-state index >= 15 is 0 Å². The van der Waals surface area contributed by atoms with Crippen LogP contribution in [0.4, 0.5) is 0 Å². The van der Waals surface area contributed by atoms with Gasteiger partial charge in [0, 0.05) is 35.3 Å². The third kappa shape index (κ3) is 4.51. The van der Waals surface area contributed by atoms with E-state index in [9.17, 15) is 19.8 Å². The Morgan fingerprint density at radius 1 is 0.811 bits per heavy atom. The maximum Gasteiger partial charge on any atom is 0.290 e. The first kappa shape index (κ1) is 25.4. The first-order valence-electron chi connectivity index (χ1n) is 11.6. The summed E-state index contributed by atoms with van der Waals surface area (Å²) in [6.45, 7) is 4.49. The minimum Gasteiger partial charge on any atom is -0.504 e. The number of hydrogen-bond donors (Lipinski definition) is 2. The average molecular weight is 506 g/mol. The van der Waals surface area contributed by atoms with Gasteiger partial charge in [0.05, 0.1) is 20.5 Å². The van der Waals surface area contributed by atoms with E-state index in [0.717, 1.165) is 0 Å². The Morgan fingerprint density at radius 2 is 1.38 bits per heavy atom. The maximum absolute atomic E-state index is 13.6. The van der Waals surface area contributed by atoms with Crippen molar-refractivity contribution in [1.82, 2.24) is 4.90 Å². The van der Waals surface area contributed by atoms with Crippen molar-refractivity contribution < 1.29 is 38.1 Å². The Hall–Kier alpha value is -4.66. The Labute approximate surface area is 213 Å². The minimum absolute atomic E-state index is 0.0967. The van der Waals surface area contributed by atoms with Crippen LogP contribution in [0.25, 0.3) is 22.3 Å². The molecule has 2 aromatic carbocycles. The summed E-state index contributed by atoms with van der Waals surface area (Å²) in [6, 6.07) is 12.7. The van der Waals surface area contributed by atoms with Gasteiger partial charge in [0.25, 0.3) is 11.7 Å². The van der Waals surface area contributed by atoms with E-state index in [0.29, 0.717) is 24.2 Å². The van der Waals surface area contributed by atoms with Crippen molar-refractivity contribution in [3.63, 3.8) is 0 Å². The van der Waals surface area contributed by atoms with E-state index in [2.05, 4.69) is 0 Å². The van der Waals surface area contributed by atoms with Gasteiger partial charge in [-0.25, -0.2) is 0 Å². The second-order valence-electron chi connectivity index (χ2n) is 8.04. The summed E-state index contributed by atoms with van der Waals surface area (Å²) in [5, 5.41) is 21.4. The number of benzene rings is 2. The van der Waals surface area contributed by atoms with Gasteiger partial charge in [-0.05, 0) is 38.1 Å². The molecule has 9 nitrogen and oxygen atoms in total. The average Bonchev–Trinajstić information content (AvgIpc) is 3.57. The molecule has 0 saturated heterocycles. The minimum atomic E-state index is -0.649. The number of methoxy groups -OCH3 is 2. The van der Waals surface area contributed by atoms with Gasteiger partial charge in [-0.2, -0.15) is 0 Å². The zero-order valence-electron chi connectivity index (χ0n) is 20.9. The zero-order chi connectivity index (χ0) is 26.7. The van der Waals surface area contributed by atoms with Crippen molar-refractivity contribution in [3.05, 3.63) is 72.1 Å². The number of nitrogens with zero attached hydrogens (tertiary/aromatic N) is 1. The number of carbonyl (C=O) groups excluding carboxylic acids is 2. The highest BCUT2D eigenvalue weighted by Gasteiger charge is 2.30. The number of furan rings is 2. The van der Waals surface area contributed by atoms with Gasteiger partial charge in [0.1, 0.15) is 0 Å². The van der Waals surface area contributed by atoms with Crippen molar-refractivity contribution in [3.8, 4) is 45.3 Å². The Balaban J connectivity index is 1.86. The maximum atomic E-state index is 13.6. The van der Waals surface area contributed by atoms with E-state index in [1.807, 2.05) is 13.8 Å². The largest absolute Gasteiger partial charge is 0.504 e. The lowest BCUT2D eigenvalue weighted by molar-refractivity contribution is 0.0739. The van der Waals surface area contributed by atoms with Crippen LogP contribution in [0.1, 0.15) is 40.7 Å². The van der Waals surface area contributed by atoms with E-state index in [-0.39, 0.29) is 51.4 Å². The number of ketones is 1. The van der Waals surface area contributed by atoms with Crippen molar-refractivity contribution in [2.75, 3.05) is 27.3 Å². The van der Waals surface area contributed by atoms with Gasteiger partial charge in [-0.3, -0.25) is 9.59 Å². The van der Waals surface area contributed by atoms with E-state index in [4.69, 9.17) is 18.3 Å². The number of aromatic hydroxyl groups is 2. The predicted molar refractivity (Wildman–Crippen MR) is 135 cm³/mol. The predicted octanol–water partition coefficient (Wildman–Crippen LogP) is 5.35. The van der Waals surface area contributed by atoms with Crippen LogP contribution in [0.15, 0.2) is 63.6 Å². The number of para-hydroxylation sites is 2. The molecule has 0 spiro atoms. The van der Waals surface area contributed by atoms with Gasteiger partial charge < -0.3 is 33.4 Å². The number of carbonyl (C=O) groups is 2. The van der Waals surface area contributed by atoms with Crippen LogP contribution >= 0.6 is 0 Å². The third-order valence-electron chi connectivity index (χ3n) is 6.09. The molecule has 0 aliphatic heterocycles. The lowest BCUT2D eigenvalue weighted by Crippen LogP contribution is -2.30. The van der Waals surface area contributed by atoms with E-state index in [1.165, 1.54) is 26.5 Å². The molecule has 0 aliphatic carbocycles. The van der Waals surface area contributed by atoms with Crippen LogP contribution in [-0.2, 0) is 0 Å². The molecular formula is C28H27NO8. The second kappa shape index (κ2) is 10.5. The molecule has 0 bridgehead atoms. The van der Waals surface area contributed by atoms with Crippen LogP contribution < -0.4 is 9.47 Å². The first-order valence-corrected chi connectivity index (χ1v) is 11.6. The molecule has 4 rings (SSSR count). The molecule has 0 unspecified atom stereocenters. The van der Waals surface area contributed by atoms with Crippen molar-refractivity contribution in [1.29, 1.82) is 0 Å². The third-order valence-corrected chi connectivity index (χ3v) is 6.09. The SMILES string of the molecule is CCN(CC)C(=O)c1oc(C(=O)c2occc2-c2cccc(OC)c2O)cc1-c1cccc(OC)c1O. The van der Waals surface area contributed by atoms with Gasteiger partial charge >= 0.3 is 0 Å². The molecule has 0 atom stereocenters. The number of rotatable bonds is 9. The van der Waals surface area contributed by atoms with E-state index in [1.54, 1.807) is 47.4 Å². The molecule has 9 heteroatoms. The number of hydrogen-bond acceptors (Lipinski definition) is 8. The number of amides is 1. The van der Waals surface area contributed by atoms with Crippen molar-refractivity contribution in [2.24, 2.45) is 0 Å². The summed E-state index contributed by atoms with van der Waals surface area (Å²) in [5.74, 6) is -1.37. The highest BCUT2D eigenvalue weighted by molar-refractivity contribution is 6.11. The Bertz CT molecular complexity index is 1440. The molecule has 192 valence electrons. The summed E-state index contributed by atoms with van der Waals surface area (Å²) < 4.78 is 21.7. The van der Waals surface area contributed by atoms with Crippen molar-refractivity contribution in [2.45, 2.75) is 13.8 Å². The van der Waals surface area contributed by atoms with Crippen LogP contribution in [0.2, 0.25) is 0 Å². The second-order valence-corrected chi connectivity index (χ2v) is 8.04. The van der Waals surface area contributed by atoms with E-state index < -0.39 is 11.7 Å². The lowest BCUT2D eigenvalue weighted by Gasteiger charge is -2.18. The van der Waals surface area contributed by atoms with Gasteiger partial charge in [0.15, 0.2) is 40.3 Å². The highest BCUT2D eigenvalue weighted by Crippen LogP contribution is 2.42. The number of phenolic OH excluding ortho intramolecular Hbond substituents is 2. The van der Waals surface area contributed by atoms with Crippen LogP contribution in [0.3, 0.4) is 0 Å². The number of phenols is 2. The van der Waals surface area contributed by atoms with Crippen LogP contribution in [0, 0.1) is 0 Å². The molecule has 2 heterocycles. The summed E-state index contributed by atoms with van der Waals surface area (Å²) >= 11 is 0. The number of ether oxygens (including phenoxy) is 2. The standard InChI is InChI=1S/C28H27NO8/c1-5-29(6-2)28(33)27-19(17-10-8-12-21(35-4)24(17)31)15-22(37-27)25(32)26-18(13-14-36-26)16-9-7-11-20(34-3)23(16)30/h7-15,30-31H,5-6H2,1-4H3. The molecule has 4 aromatic rings. The lowest BCUT2D eigenvalue weighted by atomic mass is 10.0. The highest BCUT2D eigenvalue weighted by atomic mass is 16.5. The molecule has 0 aliphatic rings. The molecule has 0 fully saturated rings. The fraction of sp³-hybridized carbons (Fsp3) is 0.214. The summed E-state index contributed by atoms with van der Waals surface area (Å²) in [7, 11) is 2.84. The van der Waals surface area contributed by atoms with Crippen LogP contribution in [-0.4, -0.2) is 54.1 Å². The summed E-state index contributed by atoms with van der Waals surface area (Å²) in [5.41, 5.74) is 1.14.